The molecule has 4 atom stereocenters. The zero-order chi connectivity index (χ0) is 13.0. The van der Waals surface area contributed by atoms with Crippen molar-refractivity contribution in [1.29, 1.82) is 10.5 Å². The quantitative estimate of drug-likeness (QED) is 0.738. The lowest BCUT2D eigenvalue weighted by Crippen LogP contribution is -2.40. The molecule has 1 aliphatic carbocycles. The zero-order valence-corrected chi connectivity index (χ0v) is 11.1. The molecule has 0 spiro atoms. The monoisotopic (exact) mass is 267 g/mol. The molecule has 1 saturated heterocycles. The maximum atomic E-state index is 8.99. The Labute approximate surface area is 113 Å². The highest BCUT2D eigenvalue weighted by Crippen LogP contribution is 2.38. The first-order valence-electron chi connectivity index (χ1n) is 6.60. The Morgan fingerprint density at radius 1 is 1.28 bits per heavy atom. The fourth-order valence-electron chi connectivity index (χ4n) is 3.01. The molecule has 18 heavy (non-hydrogen) atoms. The predicted molar refractivity (Wildman–Crippen MR) is 67.4 cm³/mol. The first-order valence-corrected chi connectivity index (χ1v) is 7.04. The third-order valence-electron chi connectivity index (χ3n) is 3.90. The van der Waals surface area contributed by atoms with E-state index in [0.29, 0.717) is 18.9 Å². The van der Waals surface area contributed by atoms with Crippen LogP contribution in [0.4, 0.5) is 0 Å². The van der Waals surface area contributed by atoms with E-state index in [1.54, 1.807) is 0 Å². The van der Waals surface area contributed by atoms with Crippen LogP contribution < -0.4 is 0 Å². The van der Waals surface area contributed by atoms with Crippen LogP contribution in [0.5, 0.6) is 0 Å². The number of halogens is 1. The van der Waals surface area contributed by atoms with Crippen LogP contribution in [0.25, 0.3) is 0 Å². The third kappa shape index (κ3) is 2.95. The molecule has 98 valence electrons. The first kappa shape index (κ1) is 13.6. The predicted octanol–water partition coefficient (Wildman–Crippen LogP) is 2.60. The maximum Gasteiger partial charge on any atom is 0.167 e. The minimum atomic E-state index is -0.375. The van der Waals surface area contributed by atoms with Gasteiger partial charge < -0.3 is 0 Å². The van der Waals surface area contributed by atoms with E-state index in [1.807, 2.05) is 5.06 Å². The van der Waals surface area contributed by atoms with Crippen LogP contribution in [0.3, 0.4) is 0 Å². The first-order chi connectivity index (χ1) is 8.76. The Morgan fingerprint density at radius 2 is 2.06 bits per heavy atom. The molecule has 0 aromatic heterocycles. The molecule has 4 nitrogen and oxygen atoms in total. The molecule has 2 aliphatic rings. The second-order valence-corrected chi connectivity index (χ2v) is 5.60. The summed E-state index contributed by atoms with van der Waals surface area (Å²) in [5, 5.41) is 19.7. The molecule has 1 heterocycles. The Kier molecular flexibility index (Phi) is 4.83. The van der Waals surface area contributed by atoms with Gasteiger partial charge in [-0.3, -0.25) is 4.84 Å². The maximum absolute atomic E-state index is 8.99. The zero-order valence-electron chi connectivity index (χ0n) is 10.4. The lowest BCUT2D eigenvalue weighted by Gasteiger charge is -2.35. The van der Waals surface area contributed by atoms with E-state index < -0.39 is 0 Å². The van der Waals surface area contributed by atoms with Crippen molar-refractivity contribution in [1.82, 2.24) is 5.06 Å². The Bertz CT molecular complexity index is 362. The average Bonchev–Trinajstić information content (AvgIpc) is 2.80. The molecule has 1 aliphatic heterocycles. The van der Waals surface area contributed by atoms with Gasteiger partial charge in [0.2, 0.25) is 0 Å². The van der Waals surface area contributed by atoms with Crippen LogP contribution in [-0.4, -0.2) is 29.1 Å². The highest BCUT2D eigenvalue weighted by molar-refractivity contribution is 6.20. The summed E-state index contributed by atoms with van der Waals surface area (Å²) in [5.74, 6) is 0.387. The molecule has 2 unspecified atom stereocenters. The fraction of sp³-hybridized carbons (Fsp3) is 0.846. The van der Waals surface area contributed by atoms with Gasteiger partial charge in [0.25, 0.3) is 0 Å². The molecule has 2 fully saturated rings. The van der Waals surface area contributed by atoms with Crippen molar-refractivity contribution in [2.75, 3.05) is 6.54 Å². The van der Waals surface area contributed by atoms with E-state index in [-0.39, 0.29) is 17.5 Å². The molecule has 0 aromatic carbocycles. The average molecular weight is 268 g/mol. The smallest absolute Gasteiger partial charge is 0.167 e. The number of rotatable bonds is 3. The highest BCUT2D eigenvalue weighted by Gasteiger charge is 2.41. The van der Waals surface area contributed by atoms with Gasteiger partial charge in [0.05, 0.1) is 18.6 Å². The van der Waals surface area contributed by atoms with E-state index >= 15 is 0 Å². The number of nitriles is 2. The number of hydrogen-bond acceptors (Lipinski definition) is 4. The summed E-state index contributed by atoms with van der Waals surface area (Å²) >= 11 is 6.42. The molecule has 0 N–H and O–H groups in total. The van der Waals surface area contributed by atoms with Gasteiger partial charge in [0.1, 0.15) is 0 Å². The van der Waals surface area contributed by atoms with E-state index in [1.165, 1.54) is 12.8 Å². The van der Waals surface area contributed by atoms with Gasteiger partial charge in [0.15, 0.2) is 6.10 Å². The summed E-state index contributed by atoms with van der Waals surface area (Å²) in [7, 11) is 0. The molecule has 0 bridgehead atoms. The molecule has 0 radical (unpaired) electrons. The van der Waals surface area contributed by atoms with Crippen LogP contribution in [-0.2, 0) is 4.84 Å². The molecule has 0 aromatic rings. The highest BCUT2D eigenvalue weighted by atomic mass is 35.5. The van der Waals surface area contributed by atoms with Gasteiger partial charge in [-0.25, -0.2) is 0 Å². The second-order valence-electron chi connectivity index (χ2n) is 5.04. The Hall–Kier alpha value is -0.810. The fourth-order valence-corrected chi connectivity index (χ4v) is 3.46. The molecule has 5 heteroatoms. The van der Waals surface area contributed by atoms with Gasteiger partial charge in [-0.1, -0.05) is 12.8 Å². The van der Waals surface area contributed by atoms with Crippen molar-refractivity contribution in [3.05, 3.63) is 0 Å². The van der Waals surface area contributed by atoms with Crippen molar-refractivity contribution in [2.24, 2.45) is 5.92 Å². The van der Waals surface area contributed by atoms with Crippen molar-refractivity contribution in [2.45, 2.75) is 56.0 Å². The molecular formula is C13H18ClN3O. The van der Waals surface area contributed by atoms with Gasteiger partial charge in [-0.05, 0) is 18.8 Å². The molecule has 2 rings (SSSR count). The summed E-state index contributed by atoms with van der Waals surface area (Å²) in [6.07, 6.45) is 5.31. The topological polar surface area (TPSA) is 60.1 Å². The minimum absolute atomic E-state index is 0.175. The van der Waals surface area contributed by atoms with Crippen molar-refractivity contribution in [3.63, 3.8) is 0 Å². The van der Waals surface area contributed by atoms with Crippen LogP contribution in [0.15, 0.2) is 0 Å². The summed E-state index contributed by atoms with van der Waals surface area (Å²) in [6, 6.07) is 4.49. The summed E-state index contributed by atoms with van der Waals surface area (Å²) in [6.45, 7) is 0.569. The molecule has 0 amide bonds. The van der Waals surface area contributed by atoms with Crippen molar-refractivity contribution in [3.8, 4) is 12.1 Å². The van der Waals surface area contributed by atoms with Crippen LogP contribution in [0, 0.1) is 28.6 Å². The SMILES string of the molecule is N#CCCN1O[C@H](C#N)C[C@@H]1C1CCCCC1Cl. The van der Waals surface area contributed by atoms with Gasteiger partial charge in [-0.2, -0.15) is 15.6 Å². The second kappa shape index (κ2) is 6.38. The van der Waals surface area contributed by atoms with Crippen LogP contribution >= 0.6 is 11.6 Å². The van der Waals surface area contributed by atoms with Crippen LogP contribution in [0.2, 0.25) is 0 Å². The lowest BCUT2D eigenvalue weighted by molar-refractivity contribution is -0.157. The normalized spacial score (nSPS) is 37.1. The lowest BCUT2D eigenvalue weighted by atomic mass is 9.81. The van der Waals surface area contributed by atoms with Gasteiger partial charge in [0, 0.05) is 24.4 Å². The summed E-state index contributed by atoms with van der Waals surface area (Å²) in [5.41, 5.74) is 0. The van der Waals surface area contributed by atoms with E-state index in [2.05, 4.69) is 12.1 Å². The van der Waals surface area contributed by atoms with Crippen molar-refractivity contribution >= 4 is 11.6 Å². The van der Waals surface area contributed by atoms with Crippen molar-refractivity contribution < 1.29 is 4.84 Å². The number of hydroxylamine groups is 2. The number of nitrogens with zero attached hydrogens (tertiary/aromatic N) is 3. The Balaban J connectivity index is 2.03. The third-order valence-corrected chi connectivity index (χ3v) is 4.44. The van der Waals surface area contributed by atoms with Gasteiger partial charge >= 0.3 is 0 Å². The van der Waals surface area contributed by atoms with E-state index in [9.17, 15) is 0 Å². The largest absolute Gasteiger partial charge is 0.280 e. The van der Waals surface area contributed by atoms with E-state index in [0.717, 1.165) is 19.3 Å². The molecule has 1 saturated carbocycles. The van der Waals surface area contributed by atoms with E-state index in [4.69, 9.17) is 27.0 Å². The van der Waals surface area contributed by atoms with Gasteiger partial charge in [-0.15, -0.1) is 11.6 Å². The Morgan fingerprint density at radius 3 is 2.72 bits per heavy atom. The standard InChI is InChI=1S/C13H18ClN3O/c14-12-5-2-1-4-11(12)13-8-10(9-16)18-17(13)7-3-6-15/h10-13H,1-5,7-8H2/t10-,11?,12?,13+/m0/s1. The molecular weight excluding hydrogens is 250 g/mol. The summed E-state index contributed by atoms with van der Waals surface area (Å²) < 4.78 is 0. The van der Waals surface area contributed by atoms with Crippen LogP contribution in [0.1, 0.15) is 38.5 Å². The summed E-state index contributed by atoms with van der Waals surface area (Å²) in [4.78, 5) is 5.59. The minimum Gasteiger partial charge on any atom is -0.280 e. The number of alkyl halides is 1. The number of hydrogen-bond donors (Lipinski definition) is 0.